The van der Waals surface area contributed by atoms with E-state index >= 15 is 0 Å². The highest BCUT2D eigenvalue weighted by atomic mass is 16.7. The van der Waals surface area contributed by atoms with Crippen LogP contribution in [0.25, 0.3) is 0 Å². The molecular weight excluding hydrogens is 502 g/mol. The molecule has 2 aliphatic rings. The number of methoxy groups -OCH3 is 5. The molecule has 0 bridgehead atoms. The van der Waals surface area contributed by atoms with Crippen molar-refractivity contribution in [3.8, 4) is 0 Å². The second kappa shape index (κ2) is 16.4. The summed E-state index contributed by atoms with van der Waals surface area (Å²) in [5, 5.41) is 3.35. The van der Waals surface area contributed by atoms with Gasteiger partial charge in [-0.15, -0.1) is 0 Å². The molecule has 216 valence electrons. The Hall–Kier alpha value is -1.71. The Bertz CT molecular complexity index is 855. The van der Waals surface area contributed by atoms with Crippen LogP contribution in [0, 0.1) is 0 Å². The minimum Gasteiger partial charge on any atom is -0.465 e. The number of esters is 1. The molecule has 2 aliphatic heterocycles. The van der Waals surface area contributed by atoms with E-state index in [0.29, 0.717) is 18.5 Å². The van der Waals surface area contributed by atoms with Crippen LogP contribution >= 0.6 is 0 Å². The van der Waals surface area contributed by atoms with Crippen molar-refractivity contribution in [1.82, 2.24) is 5.32 Å². The van der Waals surface area contributed by atoms with Crippen LogP contribution < -0.4 is 5.32 Å². The molecule has 1 unspecified atom stereocenters. The Labute approximate surface area is 224 Å². The van der Waals surface area contributed by atoms with Crippen LogP contribution in [0.4, 0.5) is 0 Å². The number of benzene rings is 1. The quantitative estimate of drug-likeness (QED) is 0.182. The number of rotatable bonds is 16. The summed E-state index contributed by atoms with van der Waals surface area (Å²) in [6, 6.07) is 3.77. The molecule has 1 aromatic rings. The lowest BCUT2D eigenvalue weighted by atomic mass is 9.85. The molecule has 0 saturated carbocycles. The number of carbonyl (C=O) groups excluding carboxylic acids is 1. The molecule has 0 amide bonds. The van der Waals surface area contributed by atoms with Crippen molar-refractivity contribution < 1.29 is 52.2 Å². The van der Waals surface area contributed by atoms with Crippen molar-refractivity contribution in [2.75, 3.05) is 75.9 Å². The first kappa shape index (κ1) is 30.8. The van der Waals surface area contributed by atoms with E-state index < -0.39 is 30.5 Å². The first-order chi connectivity index (χ1) is 18.6. The van der Waals surface area contributed by atoms with Gasteiger partial charge in [-0.3, -0.25) is 0 Å². The van der Waals surface area contributed by atoms with Crippen molar-refractivity contribution in [3.05, 3.63) is 34.4 Å². The van der Waals surface area contributed by atoms with Crippen LogP contribution in [-0.4, -0.2) is 112 Å². The van der Waals surface area contributed by atoms with E-state index in [2.05, 4.69) is 5.32 Å². The topological polar surface area (TPSA) is 121 Å². The standard InChI is InChI=1S/C26H41NO11/c1-29-13-34-12-22-24(36-15-31-3)25(37-16-32-4)23(35-14-30-2)21(38-22)10-17-6-7-19(26(28)33-5)20-11-27-9-8-18(17)20/h6-7,21-25,27H,8-16H2,1-5H3/t21?,22-,23+,24-,25-/m1/s1. The fraction of sp³-hybridized carbons (Fsp3) is 0.731. The molecule has 0 aromatic heterocycles. The van der Waals surface area contributed by atoms with Gasteiger partial charge in [-0.05, 0) is 35.7 Å². The third-order valence-electron chi connectivity index (χ3n) is 6.56. The Morgan fingerprint density at radius 1 is 0.842 bits per heavy atom. The molecule has 3 rings (SSSR count). The summed E-state index contributed by atoms with van der Waals surface area (Å²) < 4.78 is 56.2. The number of hydrogen-bond donors (Lipinski definition) is 1. The zero-order chi connectivity index (χ0) is 27.3. The van der Waals surface area contributed by atoms with Crippen LogP contribution in [0.1, 0.15) is 27.0 Å². The van der Waals surface area contributed by atoms with Gasteiger partial charge < -0.3 is 52.7 Å². The average Bonchev–Trinajstić information content (AvgIpc) is 2.94. The fourth-order valence-electron chi connectivity index (χ4n) is 4.96. The number of nitrogens with one attached hydrogen (secondary N) is 1. The van der Waals surface area contributed by atoms with E-state index in [1.165, 1.54) is 7.11 Å². The van der Waals surface area contributed by atoms with Crippen molar-refractivity contribution >= 4 is 5.97 Å². The molecule has 5 atom stereocenters. The van der Waals surface area contributed by atoms with Crippen molar-refractivity contribution in [3.63, 3.8) is 0 Å². The molecule has 2 heterocycles. The maximum Gasteiger partial charge on any atom is 0.338 e. The Morgan fingerprint density at radius 2 is 1.47 bits per heavy atom. The molecule has 0 radical (unpaired) electrons. The van der Waals surface area contributed by atoms with Crippen LogP contribution in [0.5, 0.6) is 0 Å². The molecular formula is C26H41NO11. The van der Waals surface area contributed by atoms with Crippen molar-refractivity contribution in [2.45, 2.75) is 49.9 Å². The minimum absolute atomic E-state index is 0.0254. The van der Waals surface area contributed by atoms with Crippen molar-refractivity contribution in [1.29, 1.82) is 0 Å². The molecule has 12 nitrogen and oxygen atoms in total. The van der Waals surface area contributed by atoms with E-state index in [-0.39, 0.29) is 39.7 Å². The third-order valence-corrected chi connectivity index (χ3v) is 6.56. The summed E-state index contributed by atoms with van der Waals surface area (Å²) in [7, 11) is 7.59. The lowest BCUT2D eigenvalue weighted by molar-refractivity contribution is -0.297. The molecule has 1 aromatic carbocycles. The summed E-state index contributed by atoms with van der Waals surface area (Å²) in [5.74, 6) is -0.353. The first-order valence-corrected chi connectivity index (χ1v) is 12.6. The summed E-state index contributed by atoms with van der Waals surface area (Å²) in [6.07, 6.45) is -1.42. The molecule has 38 heavy (non-hydrogen) atoms. The predicted octanol–water partition coefficient (Wildman–Crippen LogP) is 1.02. The van der Waals surface area contributed by atoms with Gasteiger partial charge in [0.2, 0.25) is 0 Å². The van der Waals surface area contributed by atoms with Crippen LogP contribution in [0.2, 0.25) is 0 Å². The van der Waals surface area contributed by atoms with E-state index in [4.69, 9.17) is 47.4 Å². The van der Waals surface area contributed by atoms with Crippen LogP contribution in [0.15, 0.2) is 12.1 Å². The van der Waals surface area contributed by atoms with E-state index in [1.54, 1.807) is 28.4 Å². The van der Waals surface area contributed by atoms with Gasteiger partial charge >= 0.3 is 5.97 Å². The molecule has 0 aliphatic carbocycles. The zero-order valence-corrected chi connectivity index (χ0v) is 22.9. The second-order valence-electron chi connectivity index (χ2n) is 8.96. The van der Waals surface area contributed by atoms with Gasteiger partial charge in [0.05, 0.1) is 25.4 Å². The lowest BCUT2D eigenvalue weighted by Crippen LogP contribution is -2.62. The Balaban J connectivity index is 1.96. The van der Waals surface area contributed by atoms with E-state index in [1.807, 2.05) is 12.1 Å². The number of fused-ring (bicyclic) bond motifs is 1. The number of carbonyl (C=O) groups is 1. The number of ether oxygens (including phenoxy) is 10. The average molecular weight is 544 g/mol. The minimum atomic E-state index is -0.583. The van der Waals surface area contributed by atoms with Crippen LogP contribution in [-0.2, 0) is 66.8 Å². The maximum atomic E-state index is 12.4. The van der Waals surface area contributed by atoms with Crippen LogP contribution in [0.3, 0.4) is 0 Å². The highest BCUT2D eigenvalue weighted by Crippen LogP contribution is 2.33. The molecule has 1 fully saturated rings. The Kier molecular flexibility index (Phi) is 13.3. The van der Waals surface area contributed by atoms with Crippen molar-refractivity contribution in [2.24, 2.45) is 0 Å². The van der Waals surface area contributed by atoms with Gasteiger partial charge in [0, 0.05) is 41.4 Å². The monoisotopic (exact) mass is 543 g/mol. The maximum absolute atomic E-state index is 12.4. The van der Waals surface area contributed by atoms with Gasteiger partial charge in [0.25, 0.3) is 0 Å². The summed E-state index contributed by atoms with van der Waals surface area (Å²) in [6.45, 7) is 1.78. The first-order valence-electron chi connectivity index (χ1n) is 12.6. The highest BCUT2D eigenvalue weighted by Gasteiger charge is 2.48. The smallest absolute Gasteiger partial charge is 0.338 e. The fourth-order valence-corrected chi connectivity index (χ4v) is 4.96. The second-order valence-corrected chi connectivity index (χ2v) is 8.96. The summed E-state index contributed by atoms with van der Waals surface area (Å²) in [5.41, 5.74) is 3.68. The summed E-state index contributed by atoms with van der Waals surface area (Å²) >= 11 is 0. The largest absolute Gasteiger partial charge is 0.465 e. The molecule has 12 heteroatoms. The van der Waals surface area contributed by atoms with Gasteiger partial charge in [-0.1, -0.05) is 6.07 Å². The van der Waals surface area contributed by atoms with E-state index in [0.717, 1.165) is 29.7 Å². The van der Waals surface area contributed by atoms with Gasteiger partial charge in [-0.2, -0.15) is 0 Å². The summed E-state index contributed by atoms with van der Waals surface area (Å²) in [4.78, 5) is 12.4. The third kappa shape index (κ3) is 7.92. The Morgan fingerprint density at radius 3 is 2.11 bits per heavy atom. The predicted molar refractivity (Wildman–Crippen MR) is 134 cm³/mol. The van der Waals surface area contributed by atoms with E-state index in [9.17, 15) is 4.79 Å². The van der Waals surface area contributed by atoms with Gasteiger partial charge in [0.15, 0.2) is 0 Å². The number of hydrogen-bond acceptors (Lipinski definition) is 12. The molecule has 1 saturated heterocycles. The molecule has 0 spiro atoms. The normalized spacial score (nSPS) is 25.2. The highest BCUT2D eigenvalue weighted by molar-refractivity contribution is 5.91. The lowest BCUT2D eigenvalue weighted by Gasteiger charge is -2.46. The van der Waals surface area contributed by atoms with Gasteiger partial charge in [-0.25, -0.2) is 4.79 Å². The SMILES string of the molecule is COCOC[C@H]1OC(Cc2ccc(C(=O)OC)c3c2CCNC3)[C@H](OCOC)[C@@H](OCOC)[C@@H]1OCOC. The molecule has 1 N–H and O–H groups in total. The van der Waals surface area contributed by atoms with Gasteiger partial charge in [0.1, 0.15) is 51.6 Å². The zero-order valence-electron chi connectivity index (χ0n) is 22.9.